The molecular weight excluding hydrogens is 356 g/mol. The number of benzene rings is 1. The number of halogens is 1. The van der Waals surface area contributed by atoms with Crippen molar-refractivity contribution in [3.05, 3.63) is 22.7 Å². The van der Waals surface area contributed by atoms with E-state index in [1.54, 1.807) is 26.4 Å². The van der Waals surface area contributed by atoms with Crippen LogP contribution in [-0.2, 0) is 9.63 Å². The Morgan fingerprint density at radius 1 is 1.31 bits per heavy atom. The molecule has 0 aromatic heterocycles. The lowest BCUT2D eigenvalue weighted by atomic mass is 9.97. The van der Waals surface area contributed by atoms with Crippen molar-refractivity contribution in [2.24, 2.45) is 5.16 Å². The van der Waals surface area contributed by atoms with Gasteiger partial charge in [-0.2, -0.15) is 0 Å². The second kappa shape index (κ2) is 8.16. The number of rotatable bonds is 5. The summed E-state index contributed by atoms with van der Waals surface area (Å²) in [6.07, 6.45) is 4.08. The van der Waals surface area contributed by atoms with Gasteiger partial charge in [0.15, 0.2) is 0 Å². The molecule has 142 valence electrons. The first-order valence-electron chi connectivity index (χ1n) is 9.04. The number of amides is 1. The van der Waals surface area contributed by atoms with Crippen molar-refractivity contribution >= 4 is 23.2 Å². The van der Waals surface area contributed by atoms with Gasteiger partial charge in [-0.25, -0.2) is 0 Å². The van der Waals surface area contributed by atoms with Crippen LogP contribution in [0.2, 0.25) is 5.02 Å². The maximum absolute atomic E-state index is 12.9. The smallest absolute Gasteiger partial charge is 0.267 e. The first-order valence-corrected chi connectivity index (χ1v) is 9.41. The maximum Gasteiger partial charge on any atom is 0.267 e. The van der Waals surface area contributed by atoms with Gasteiger partial charge in [0.1, 0.15) is 11.5 Å². The molecule has 6 nitrogen and oxygen atoms in total. The summed E-state index contributed by atoms with van der Waals surface area (Å²) in [4.78, 5) is 20.4. The summed E-state index contributed by atoms with van der Waals surface area (Å²) in [5.74, 6) is 1.14. The van der Waals surface area contributed by atoms with Gasteiger partial charge in [0.05, 0.1) is 25.0 Å². The normalized spacial score (nSPS) is 22.6. The zero-order valence-corrected chi connectivity index (χ0v) is 16.2. The van der Waals surface area contributed by atoms with Crippen LogP contribution in [0, 0.1) is 0 Å². The average Bonchev–Trinajstić information content (AvgIpc) is 3.17. The summed E-state index contributed by atoms with van der Waals surface area (Å²) in [6, 6.07) is 3.76. The molecule has 2 aliphatic heterocycles. The molecule has 0 radical (unpaired) electrons. The van der Waals surface area contributed by atoms with Gasteiger partial charge in [-0.05, 0) is 31.7 Å². The Labute approximate surface area is 159 Å². The van der Waals surface area contributed by atoms with Crippen molar-refractivity contribution in [3.63, 3.8) is 0 Å². The Hall–Kier alpha value is -1.95. The molecule has 0 bridgehead atoms. The molecule has 0 spiro atoms. The number of methoxy groups -OCH3 is 2. The number of carbonyl (C=O) groups is 1. The lowest BCUT2D eigenvalue weighted by molar-refractivity contribution is -0.146. The number of oxime groups is 1. The standard InChI is InChI=1S/C19H25ClN2O4/c1-4-12-7-5-6-8-22(12)19(23)18-10-15(21-26-18)13-9-14(20)17(25-3)11-16(13)24-2/h9,11-12,18H,4-8,10H2,1-3H3/t12-,18-/m1/s1. The van der Waals surface area contributed by atoms with Gasteiger partial charge in [-0.15, -0.1) is 0 Å². The van der Waals surface area contributed by atoms with Gasteiger partial charge >= 0.3 is 0 Å². The quantitative estimate of drug-likeness (QED) is 0.782. The molecule has 1 aromatic rings. The molecule has 1 aromatic carbocycles. The number of likely N-dealkylation sites (tertiary alicyclic amines) is 1. The highest BCUT2D eigenvalue weighted by Crippen LogP contribution is 2.35. The van der Waals surface area contributed by atoms with Crippen LogP contribution in [-0.4, -0.2) is 49.4 Å². The van der Waals surface area contributed by atoms with Crippen molar-refractivity contribution < 1.29 is 19.1 Å². The molecule has 2 heterocycles. The van der Waals surface area contributed by atoms with E-state index in [0.29, 0.717) is 34.7 Å². The van der Waals surface area contributed by atoms with Crippen LogP contribution in [0.5, 0.6) is 11.5 Å². The third kappa shape index (κ3) is 3.61. The minimum Gasteiger partial charge on any atom is -0.496 e. The lowest BCUT2D eigenvalue weighted by Gasteiger charge is -2.36. The molecule has 0 unspecified atom stereocenters. The predicted molar refractivity (Wildman–Crippen MR) is 100 cm³/mol. The number of piperidine rings is 1. The van der Waals surface area contributed by atoms with Gasteiger partial charge in [0.25, 0.3) is 5.91 Å². The molecule has 1 saturated heterocycles. The largest absolute Gasteiger partial charge is 0.496 e. The average molecular weight is 381 g/mol. The number of hydrogen-bond acceptors (Lipinski definition) is 5. The molecule has 7 heteroatoms. The molecule has 26 heavy (non-hydrogen) atoms. The Morgan fingerprint density at radius 2 is 2.08 bits per heavy atom. The topological polar surface area (TPSA) is 60.4 Å². The SMILES string of the molecule is CC[C@@H]1CCCCN1C(=O)[C@H]1CC(c2cc(Cl)c(OC)cc2OC)=NO1. The Morgan fingerprint density at radius 3 is 2.77 bits per heavy atom. The molecule has 2 atom stereocenters. The van der Waals surface area contributed by atoms with Gasteiger partial charge in [0.2, 0.25) is 6.10 Å². The summed E-state index contributed by atoms with van der Waals surface area (Å²) >= 11 is 6.24. The molecule has 0 saturated carbocycles. The fourth-order valence-electron chi connectivity index (χ4n) is 3.65. The van der Waals surface area contributed by atoms with Crippen LogP contribution in [0.1, 0.15) is 44.6 Å². The molecule has 3 rings (SSSR count). The summed E-state index contributed by atoms with van der Waals surface area (Å²) in [5.41, 5.74) is 1.38. The third-order valence-electron chi connectivity index (χ3n) is 5.11. The van der Waals surface area contributed by atoms with Crippen LogP contribution in [0.4, 0.5) is 0 Å². The van der Waals surface area contributed by atoms with E-state index in [-0.39, 0.29) is 5.91 Å². The molecule has 1 amide bonds. The molecule has 0 N–H and O–H groups in total. The van der Waals surface area contributed by atoms with Crippen LogP contribution in [0.3, 0.4) is 0 Å². The first-order chi connectivity index (χ1) is 12.6. The van der Waals surface area contributed by atoms with Crippen LogP contribution in [0.25, 0.3) is 0 Å². The van der Waals surface area contributed by atoms with Gasteiger partial charge in [-0.3, -0.25) is 4.79 Å². The van der Waals surface area contributed by atoms with Crippen LogP contribution in [0.15, 0.2) is 17.3 Å². The van der Waals surface area contributed by atoms with E-state index in [1.165, 1.54) is 6.42 Å². The number of carbonyl (C=O) groups excluding carboxylic acids is 1. The fraction of sp³-hybridized carbons (Fsp3) is 0.579. The van der Waals surface area contributed by atoms with Gasteiger partial charge in [0, 0.05) is 30.6 Å². The van der Waals surface area contributed by atoms with E-state index in [4.69, 9.17) is 25.9 Å². The minimum atomic E-state index is -0.581. The lowest BCUT2D eigenvalue weighted by Crippen LogP contribution is -2.48. The molecule has 2 aliphatic rings. The molecule has 1 fully saturated rings. The number of hydrogen-bond donors (Lipinski definition) is 0. The van der Waals surface area contributed by atoms with E-state index < -0.39 is 6.10 Å². The van der Waals surface area contributed by atoms with Crippen molar-refractivity contribution in [3.8, 4) is 11.5 Å². The van der Waals surface area contributed by atoms with Crippen molar-refractivity contribution in [2.45, 2.75) is 51.2 Å². The molecular formula is C19H25ClN2O4. The van der Waals surface area contributed by atoms with E-state index in [2.05, 4.69) is 12.1 Å². The number of nitrogens with zero attached hydrogens (tertiary/aromatic N) is 2. The van der Waals surface area contributed by atoms with E-state index in [0.717, 1.165) is 31.4 Å². The zero-order valence-electron chi connectivity index (χ0n) is 15.5. The first kappa shape index (κ1) is 18.8. The minimum absolute atomic E-state index is 0.0221. The van der Waals surface area contributed by atoms with Gasteiger partial charge in [-0.1, -0.05) is 23.7 Å². The molecule has 0 aliphatic carbocycles. The highest BCUT2D eigenvalue weighted by molar-refractivity contribution is 6.32. The van der Waals surface area contributed by atoms with Crippen molar-refractivity contribution in [1.82, 2.24) is 4.90 Å². The van der Waals surface area contributed by atoms with Gasteiger partial charge < -0.3 is 19.2 Å². The zero-order chi connectivity index (χ0) is 18.7. The second-order valence-electron chi connectivity index (χ2n) is 6.61. The summed E-state index contributed by atoms with van der Waals surface area (Å²) < 4.78 is 10.7. The van der Waals surface area contributed by atoms with Crippen molar-refractivity contribution in [2.75, 3.05) is 20.8 Å². The van der Waals surface area contributed by atoms with Crippen LogP contribution >= 0.6 is 11.6 Å². The fourth-order valence-corrected chi connectivity index (χ4v) is 3.90. The van der Waals surface area contributed by atoms with E-state index in [1.807, 2.05) is 4.90 Å². The Balaban J connectivity index is 1.76. The predicted octanol–water partition coefficient (Wildman–Crippen LogP) is 3.64. The monoisotopic (exact) mass is 380 g/mol. The Bertz CT molecular complexity index is 707. The highest BCUT2D eigenvalue weighted by Gasteiger charge is 2.36. The second-order valence-corrected chi connectivity index (χ2v) is 7.02. The van der Waals surface area contributed by atoms with E-state index >= 15 is 0 Å². The summed E-state index contributed by atoms with van der Waals surface area (Å²) in [6.45, 7) is 2.92. The van der Waals surface area contributed by atoms with E-state index in [9.17, 15) is 4.79 Å². The number of ether oxygens (including phenoxy) is 2. The summed E-state index contributed by atoms with van der Waals surface area (Å²) in [7, 11) is 3.12. The highest BCUT2D eigenvalue weighted by atomic mass is 35.5. The summed E-state index contributed by atoms with van der Waals surface area (Å²) in [5, 5.41) is 4.61. The Kier molecular flexibility index (Phi) is 5.91. The van der Waals surface area contributed by atoms with Crippen LogP contribution < -0.4 is 9.47 Å². The third-order valence-corrected chi connectivity index (χ3v) is 5.41. The van der Waals surface area contributed by atoms with Crippen molar-refractivity contribution in [1.29, 1.82) is 0 Å². The maximum atomic E-state index is 12.9.